The molecular weight excluding hydrogens is 378 g/mol. The molecule has 30 heavy (non-hydrogen) atoms. The molecule has 2 aromatic rings. The van der Waals surface area contributed by atoms with Gasteiger partial charge in [-0.15, -0.1) is 0 Å². The highest BCUT2D eigenvalue weighted by atomic mass is 16.5. The number of hydrogen-bond donors (Lipinski definition) is 1. The molecule has 1 fully saturated rings. The van der Waals surface area contributed by atoms with Gasteiger partial charge in [0, 0.05) is 45.0 Å². The summed E-state index contributed by atoms with van der Waals surface area (Å²) in [5.41, 5.74) is 3.60. The van der Waals surface area contributed by atoms with Crippen LogP contribution in [-0.2, 0) is 4.79 Å². The Labute approximate surface area is 178 Å². The number of aromatic hydroxyl groups is 1. The van der Waals surface area contributed by atoms with E-state index in [0.29, 0.717) is 6.54 Å². The van der Waals surface area contributed by atoms with Gasteiger partial charge < -0.3 is 19.6 Å². The molecule has 1 amide bonds. The van der Waals surface area contributed by atoms with E-state index in [9.17, 15) is 9.90 Å². The molecule has 0 aromatic heterocycles. The molecule has 0 aliphatic carbocycles. The molecule has 0 radical (unpaired) electrons. The average Bonchev–Trinajstić information content (AvgIpc) is 2.80. The molecule has 6 nitrogen and oxygen atoms in total. The van der Waals surface area contributed by atoms with Crippen LogP contribution in [0.25, 0.3) is 5.57 Å². The molecule has 0 bridgehead atoms. The highest BCUT2D eigenvalue weighted by Crippen LogP contribution is 2.24. The van der Waals surface area contributed by atoms with Crippen LogP contribution >= 0.6 is 0 Å². The Hall–Kier alpha value is -2.99. The van der Waals surface area contributed by atoms with Gasteiger partial charge in [0.1, 0.15) is 11.5 Å². The van der Waals surface area contributed by atoms with Crippen molar-refractivity contribution in [2.75, 3.05) is 57.8 Å². The second-order valence-electron chi connectivity index (χ2n) is 7.83. The molecule has 2 aliphatic rings. The number of carbonyl (C=O) groups excluding carboxylic acids is 1. The number of benzene rings is 2. The predicted octanol–water partition coefficient (Wildman–Crippen LogP) is 2.84. The van der Waals surface area contributed by atoms with E-state index in [1.807, 2.05) is 29.2 Å². The molecule has 158 valence electrons. The van der Waals surface area contributed by atoms with Gasteiger partial charge in [0.2, 0.25) is 5.91 Å². The molecule has 2 heterocycles. The van der Waals surface area contributed by atoms with Crippen molar-refractivity contribution >= 4 is 17.2 Å². The maximum atomic E-state index is 12.8. The van der Waals surface area contributed by atoms with Crippen molar-refractivity contribution in [2.45, 2.75) is 6.42 Å². The second kappa shape index (κ2) is 9.22. The summed E-state index contributed by atoms with van der Waals surface area (Å²) >= 11 is 0. The number of phenolic OH excluding ortho intramolecular Hbond substituents is 1. The third kappa shape index (κ3) is 4.76. The number of piperazine rings is 1. The number of carbonyl (C=O) groups is 1. The van der Waals surface area contributed by atoms with Gasteiger partial charge in [0.15, 0.2) is 0 Å². The molecule has 1 saturated heterocycles. The first-order valence-electron chi connectivity index (χ1n) is 10.5. The minimum atomic E-state index is 0.214. The SMILES string of the molecule is COc1ccc(N2CCN(C(=O)CN3CC=C(c4ccc(O)cc4)CC3)CC2)cc1. The molecule has 1 N–H and O–H groups in total. The summed E-state index contributed by atoms with van der Waals surface area (Å²) in [7, 11) is 1.67. The van der Waals surface area contributed by atoms with Crippen molar-refractivity contribution < 1.29 is 14.6 Å². The van der Waals surface area contributed by atoms with Crippen molar-refractivity contribution in [3.05, 3.63) is 60.2 Å². The van der Waals surface area contributed by atoms with Gasteiger partial charge in [0.05, 0.1) is 13.7 Å². The van der Waals surface area contributed by atoms with E-state index in [0.717, 1.165) is 57.0 Å². The van der Waals surface area contributed by atoms with E-state index in [4.69, 9.17) is 4.74 Å². The van der Waals surface area contributed by atoms with Crippen molar-refractivity contribution in [3.63, 3.8) is 0 Å². The van der Waals surface area contributed by atoms with E-state index in [1.54, 1.807) is 19.2 Å². The van der Waals surface area contributed by atoms with Crippen molar-refractivity contribution in [1.82, 2.24) is 9.80 Å². The van der Waals surface area contributed by atoms with Gasteiger partial charge in [-0.25, -0.2) is 0 Å². The topological polar surface area (TPSA) is 56.2 Å². The van der Waals surface area contributed by atoms with E-state index in [1.165, 1.54) is 11.3 Å². The summed E-state index contributed by atoms with van der Waals surface area (Å²) in [6.45, 7) is 5.35. The minimum Gasteiger partial charge on any atom is -0.508 e. The van der Waals surface area contributed by atoms with E-state index in [2.05, 4.69) is 28.0 Å². The molecule has 0 saturated carbocycles. The van der Waals surface area contributed by atoms with Gasteiger partial charge in [0.25, 0.3) is 0 Å². The number of hydrogen-bond acceptors (Lipinski definition) is 5. The Morgan fingerprint density at radius 3 is 2.27 bits per heavy atom. The standard InChI is InChI=1S/C24H29N3O3/c1-30-23-8-4-21(5-9-23)26-14-16-27(17-15-26)24(29)18-25-12-10-20(11-13-25)19-2-6-22(28)7-3-19/h2-10,28H,11-18H2,1H3. The van der Waals surface area contributed by atoms with Crippen LogP contribution in [0.1, 0.15) is 12.0 Å². The highest BCUT2D eigenvalue weighted by molar-refractivity contribution is 5.79. The monoisotopic (exact) mass is 407 g/mol. The van der Waals surface area contributed by atoms with Crippen LogP contribution in [0.2, 0.25) is 0 Å². The number of amides is 1. The Morgan fingerprint density at radius 2 is 1.67 bits per heavy atom. The summed E-state index contributed by atoms with van der Waals surface area (Å²) in [5.74, 6) is 1.36. The molecule has 4 rings (SSSR count). The van der Waals surface area contributed by atoms with Gasteiger partial charge in [-0.1, -0.05) is 18.2 Å². The fraction of sp³-hybridized carbons (Fsp3) is 0.375. The molecule has 2 aromatic carbocycles. The quantitative estimate of drug-likeness (QED) is 0.826. The van der Waals surface area contributed by atoms with Crippen molar-refractivity contribution in [1.29, 1.82) is 0 Å². The number of anilines is 1. The summed E-state index contributed by atoms with van der Waals surface area (Å²) in [6, 6.07) is 15.4. The molecule has 0 unspecified atom stereocenters. The van der Waals surface area contributed by atoms with Crippen molar-refractivity contribution in [3.8, 4) is 11.5 Å². The van der Waals surface area contributed by atoms with Crippen molar-refractivity contribution in [2.24, 2.45) is 0 Å². The van der Waals surface area contributed by atoms with Crippen LogP contribution in [0.15, 0.2) is 54.6 Å². The highest BCUT2D eigenvalue weighted by Gasteiger charge is 2.24. The predicted molar refractivity (Wildman–Crippen MR) is 119 cm³/mol. The number of phenols is 1. The first kappa shape index (κ1) is 20.3. The molecule has 2 aliphatic heterocycles. The van der Waals surface area contributed by atoms with Gasteiger partial charge in [-0.2, -0.15) is 0 Å². The van der Waals surface area contributed by atoms with Crippen LogP contribution in [0.4, 0.5) is 5.69 Å². The maximum Gasteiger partial charge on any atom is 0.236 e. The Balaban J connectivity index is 1.25. The van der Waals surface area contributed by atoms with Crippen LogP contribution in [-0.4, -0.2) is 73.7 Å². The molecule has 6 heteroatoms. The zero-order chi connectivity index (χ0) is 20.9. The van der Waals surface area contributed by atoms with Crippen LogP contribution in [0.3, 0.4) is 0 Å². The lowest BCUT2D eigenvalue weighted by Gasteiger charge is -2.37. The number of rotatable bonds is 5. The number of ether oxygens (including phenoxy) is 1. The summed E-state index contributed by atoms with van der Waals surface area (Å²) in [4.78, 5) is 19.3. The lowest BCUT2D eigenvalue weighted by molar-refractivity contribution is -0.132. The average molecular weight is 408 g/mol. The maximum absolute atomic E-state index is 12.8. The zero-order valence-corrected chi connectivity index (χ0v) is 17.5. The lowest BCUT2D eigenvalue weighted by atomic mass is 9.99. The lowest BCUT2D eigenvalue weighted by Crippen LogP contribution is -2.51. The Morgan fingerprint density at radius 1 is 0.967 bits per heavy atom. The molecular formula is C24H29N3O3. The first-order chi connectivity index (χ1) is 14.6. The first-order valence-corrected chi connectivity index (χ1v) is 10.5. The Kier molecular flexibility index (Phi) is 6.23. The van der Waals surface area contributed by atoms with Gasteiger partial charge in [-0.3, -0.25) is 9.69 Å². The third-order valence-corrected chi connectivity index (χ3v) is 5.96. The van der Waals surface area contributed by atoms with Gasteiger partial charge >= 0.3 is 0 Å². The Bertz CT molecular complexity index is 885. The summed E-state index contributed by atoms with van der Waals surface area (Å²) < 4.78 is 5.22. The zero-order valence-electron chi connectivity index (χ0n) is 17.5. The van der Waals surface area contributed by atoms with E-state index in [-0.39, 0.29) is 11.7 Å². The van der Waals surface area contributed by atoms with Gasteiger partial charge in [-0.05, 0) is 54.0 Å². The number of methoxy groups -OCH3 is 1. The summed E-state index contributed by atoms with van der Waals surface area (Å²) in [5, 5.41) is 9.44. The fourth-order valence-corrected chi connectivity index (χ4v) is 4.09. The van der Waals surface area contributed by atoms with E-state index < -0.39 is 0 Å². The van der Waals surface area contributed by atoms with Crippen LogP contribution < -0.4 is 9.64 Å². The molecule has 0 spiro atoms. The summed E-state index contributed by atoms with van der Waals surface area (Å²) in [6.07, 6.45) is 3.12. The third-order valence-electron chi connectivity index (χ3n) is 5.96. The van der Waals surface area contributed by atoms with E-state index >= 15 is 0 Å². The normalized spacial score (nSPS) is 17.6. The van der Waals surface area contributed by atoms with Crippen LogP contribution in [0.5, 0.6) is 11.5 Å². The molecule has 0 atom stereocenters. The fourth-order valence-electron chi connectivity index (χ4n) is 4.09. The largest absolute Gasteiger partial charge is 0.508 e. The smallest absolute Gasteiger partial charge is 0.236 e. The van der Waals surface area contributed by atoms with Crippen LogP contribution in [0, 0.1) is 0 Å². The second-order valence-corrected chi connectivity index (χ2v) is 7.83. The minimum absolute atomic E-state index is 0.214. The number of nitrogens with zero attached hydrogens (tertiary/aromatic N) is 3.